The third-order valence-corrected chi connectivity index (χ3v) is 7.37. The molecule has 1 aliphatic carbocycles. The predicted molar refractivity (Wildman–Crippen MR) is 124 cm³/mol. The van der Waals surface area contributed by atoms with Crippen LogP contribution in [0.25, 0.3) is 15.7 Å². The molecule has 1 aromatic carbocycles. The first kappa shape index (κ1) is 20.0. The Morgan fingerprint density at radius 3 is 2.84 bits per heavy atom. The predicted octanol–water partition coefficient (Wildman–Crippen LogP) is 4.03. The van der Waals surface area contributed by atoms with Crippen LogP contribution in [-0.2, 0) is 30.6 Å². The van der Waals surface area contributed by atoms with Crippen LogP contribution in [0.1, 0.15) is 54.6 Å². The van der Waals surface area contributed by atoms with Gasteiger partial charge >= 0.3 is 0 Å². The zero-order valence-corrected chi connectivity index (χ0v) is 18.7. The number of rotatable bonds is 5. The Balaban J connectivity index is 1.46. The van der Waals surface area contributed by atoms with Crippen LogP contribution in [0.3, 0.4) is 0 Å². The van der Waals surface area contributed by atoms with Gasteiger partial charge in [0, 0.05) is 11.3 Å². The van der Waals surface area contributed by atoms with Crippen molar-refractivity contribution in [3.8, 4) is 0 Å². The molecule has 3 aromatic heterocycles. The van der Waals surface area contributed by atoms with Gasteiger partial charge in [0.25, 0.3) is 5.56 Å². The number of aryl methyl sites for hydroxylation is 3. The Kier molecular flexibility index (Phi) is 5.14. The van der Waals surface area contributed by atoms with Crippen molar-refractivity contribution in [2.24, 2.45) is 0 Å². The number of fused-ring (bicyclic) bond motifs is 4. The molecule has 1 unspecified atom stereocenters. The lowest BCUT2D eigenvalue weighted by Gasteiger charge is -2.26. The molecule has 0 aliphatic heterocycles. The summed E-state index contributed by atoms with van der Waals surface area (Å²) in [6.07, 6.45) is 4.66. The molecule has 1 N–H and O–H groups in total. The number of hydrogen-bond donors (Lipinski definition) is 1. The molecule has 0 bridgehead atoms. The van der Waals surface area contributed by atoms with Crippen molar-refractivity contribution in [3.05, 3.63) is 68.6 Å². The summed E-state index contributed by atoms with van der Waals surface area (Å²) >= 11 is 1.71. The first-order chi connectivity index (χ1) is 15.1. The monoisotopic (exact) mass is 434 g/mol. The average Bonchev–Trinajstić information content (AvgIpc) is 3.34. The Morgan fingerprint density at radius 1 is 1.19 bits per heavy atom. The van der Waals surface area contributed by atoms with Crippen LogP contribution >= 0.6 is 11.3 Å². The van der Waals surface area contributed by atoms with Gasteiger partial charge in [-0.1, -0.05) is 38.1 Å². The average molecular weight is 435 g/mol. The van der Waals surface area contributed by atoms with Gasteiger partial charge in [-0.15, -0.1) is 11.3 Å². The van der Waals surface area contributed by atoms with Crippen molar-refractivity contribution >= 4 is 33.0 Å². The quantitative estimate of drug-likeness (QED) is 0.516. The van der Waals surface area contributed by atoms with E-state index in [1.807, 2.05) is 29.5 Å². The van der Waals surface area contributed by atoms with Gasteiger partial charge in [0.1, 0.15) is 17.9 Å². The van der Waals surface area contributed by atoms with E-state index in [9.17, 15) is 9.59 Å². The van der Waals surface area contributed by atoms with Crippen molar-refractivity contribution in [2.75, 3.05) is 0 Å². The highest BCUT2D eigenvalue weighted by atomic mass is 32.1. The maximum atomic E-state index is 13.1. The number of nitrogens with one attached hydrogen (secondary N) is 1. The molecule has 1 atom stereocenters. The van der Waals surface area contributed by atoms with Crippen LogP contribution in [0.15, 0.2) is 41.2 Å². The summed E-state index contributed by atoms with van der Waals surface area (Å²) in [6, 6.07) is 12.3. The number of aromatic nitrogens is 3. The third kappa shape index (κ3) is 3.47. The lowest BCUT2D eigenvalue weighted by molar-refractivity contribution is -0.122. The summed E-state index contributed by atoms with van der Waals surface area (Å²) in [7, 11) is 0. The standard InChI is InChI=1S/C24H26N4O2S/c1-3-16-12-19-21(31-16)13-20-24(30)27(26-22(4-2)28(19)20)14-23(29)25-18-11-7-9-15-8-5-6-10-17(15)18/h5-6,8,10,12-13,18H,3-4,7,9,11,14H2,1-2H3,(H,25,29). The molecule has 0 radical (unpaired) electrons. The van der Waals surface area contributed by atoms with Gasteiger partial charge in [-0.25, -0.2) is 4.68 Å². The lowest BCUT2D eigenvalue weighted by Crippen LogP contribution is -2.37. The Labute approximate surface area is 184 Å². The van der Waals surface area contributed by atoms with Crippen LogP contribution in [-0.4, -0.2) is 20.1 Å². The minimum absolute atomic E-state index is 0.00590. The van der Waals surface area contributed by atoms with Gasteiger partial charge in [-0.3, -0.25) is 14.0 Å². The van der Waals surface area contributed by atoms with Gasteiger partial charge in [0.05, 0.1) is 16.3 Å². The zero-order valence-electron chi connectivity index (χ0n) is 17.9. The van der Waals surface area contributed by atoms with Crippen molar-refractivity contribution in [1.82, 2.24) is 19.5 Å². The first-order valence-electron chi connectivity index (χ1n) is 11.0. The van der Waals surface area contributed by atoms with Crippen molar-refractivity contribution in [3.63, 3.8) is 0 Å². The van der Waals surface area contributed by atoms with E-state index in [0.29, 0.717) is 11.9 Å². The Hall–Kier alpha value is -2.93. The molecule has 0 saturated carbocycles. The van der Waals surface area contributed by atoms with Gasteiger partial charge in [-0.2, -0.15) is 5.10 Å². The van der Waals surface area contributed by atoms with E-state index in [4.69, 9.17) is 0 Å². The number of nitrogens with zero attached hydrogens (tertiary/aromatic N) is 3. The molecule has 0 spiro atoms. The van der Waals surface area contributed by atoms with E-state index in [-0.39, 0.29) is 24.1 Å². The molecular formula is C24H26N4O2S. The van der Waals surface area contributed by atoms with E-state index in [2.05, 4.69) is 35.5 Å². The fraction of sp³-hybridized carbons (Fsp3) is 0.375. The number of amides is 1. The number of hydrogen-bond acceptors (Lipinski definition) is 4. The van der Waals surface area contributed by atoms with Gasteiger partial charge < -0.3 is 5.32 Å². The summed E-state index contributed by atoms with van der Waals surface area (Å²) in [6.45, 7) is 4.08. The van der Waals surface area contributed by atoms with E-state index >= 15 is 0 Å². The van der Waals surface area contributed by atoms with Gasteiger partial charge in [0.2, 0.25) is 5.91 Å². The molecule has 31 heavy (non-hydrogen) atoms. The fourth-order valence-electron chi connectivity index (χ4n) is 4.63. The molecule has 3 heterocycles. The van der Waals surface area contributed by atoms with Crippen LogP contribution in [0.4, 0.5) is 0 Å². The number of benzene rings is 1. The Morgan fingerprint density at radius 2 is 2.03 bits per heavy atom. The normalized spacial score (nSPS) is 16.0. The highest BCUT2D eigenvalue weighted by Crippen LogP contribution is 2.30. The zero-order chi connectivity index (χ0) is 21.5. The van der Waals surface area contributed by atoms with E-state index in [1.165, 1.54) is 20.7 Å². The smallest absolute Gasteiger partial charge is 0.291 e. The second kappa shape index (κ2) is 7.96. The molecule has 0 fully saturated rings. The third-order valence-electron chi connectivity index (χ3n) is 6.15. The molecule has 1 amide bonds. The van der Waals surface area contributed by atoms with Crippen LogP contribution in [0.5, 0.6) is 0 Å². The molecule has 160 valence electrons. The fourth-order valence-corrected chi connectivity index (χ4v) is 5.65. The Bertz CT molecular complexity index is 1350. The lowest BCUT2D eigenvalue weighted by atomic mass is 9.88. The molecule has 1 aliphatic rings. The van der Waals surface area contributed by atoms with Crippen LogP contribution in [0.2, 0.25) is 0 Å². The highest BCUT2D eigenvalue weighted by molar-refractivity contribution is 7.19. The maximum Gasteiger partial charge on any atom is 0.291 e. The van der Waals surface area contributed by atoms with Crippen molar-refractivity contribution < 1.29 is 4.79 Å². The second-order valence-corrected chi connectivity index (χ2v) is 9.29. The summed E-state index contributed by atoms with van der Waals surface area (Å²) in [5.41, 5.74) is 3.88. The topological polar surface area (TPSA) is 68.4 Å². The van der Waals surface area contributed by atoms with Crippen LogP contribution in [0, 0.1) is 0 Å². The van der Waals surface area contributed by atoms with Crippen molar-refractivity contribution in [1.29, 1.82) is 0 Å². The largest absolute Gasteiger partial charge is 0.348 e. The number of thiophene rings is 1. The summed E-state index contributed by atoms with van der Waals surface area (Å²) < 4.78 is 4.37. The van der Waals surface area contributed by atoms with Gasteiger partial charge in [0.15, 0.2) is 0 Å². The molecule has 6 nitrogen and oxygen atoms in total. The van der Waals surface area contributed by atoms with E-state index in [1.54, 1.807) is 11.3 Å². The number of carbonyl (C=O) groups excluding carboxylic acids is 1. The summed E-state index contributed by atoms with van der Waals surface area (Å²) in [5, 5.41) is 7.69. The van der Waals surface area contributed by atoms with E-state index < -0.39 is 0 Å². The molecular weight excluding hydrogens is 408 g/mol. The molecule has 0 saturated heterocycles. The molecule has 5 rings (SSSR count). The minimum Gasteiger partial charge on any atom is -0.348 e. The highest BCUT2D eigenvalue weighted by Gasteiger charge is 2.22. The van der Waals surface area contributed by atoms with Crippen molar-refractivity contribution in [2.45, 2.75) is 58.5 Å². The molecule has 4 aromatic rings. The summed E-state index contributed by atoms with van der Waals surface area (Å²) in [5.74, 6) is 0.616. The minimum atomic E-state index is -0.224. The van der Waals surface area contributed by atoms with Gasteiger partial charge in [-0.05, 0) is 48.9 Å². The first-order valence-corrected chi connectivity index (χ1v) is 11.8. The molecule has 7 heteroatoms. The maximum absolute atomic E-state index is 13.1. The number of carbonyl (C=O) groups is 1. The SMILES string of the molecule is CCc1cc2c(cc3c(=O)n(CC(=O)NC4CCCc5ccccc54)nc(CC)n32)s1. The second-order valence-electron chi connectivity index (χ2n) is 8.12. The van der Waals surface area contributed by atoms with Crippen LogP contribution < -0.4 is 10.9 Å². The summed E-state index contributed by atoms with van der Waals surface area (Å²) in [4.78, 5) is 27.3. The van der Waals surface area contributed by atoms with E-state index in [0.717, 1.165) is 41.7 Å².